The Morgan fingerprint density at radius 3 is 2.13 bits per heavy atom. The molecule has 0 rings (SSSR count). The molecule has 0 bridgehead atoms. The molecule has 90 valence electrons. The van der Waals surface area contributed by atoms with Crippen molar-refractivity contribution in [2.45, 2.75) is 65.5 Å². The Morgan fingerprint density at radius 1 is 1.20 bits per heavy atom. The minimum absolute atomic E-state index is 0.0469. The van der Waals surface area contributed by atoms with Crippen molar-refractivity contribution in [1.29, 1.82) is 0 Å². The molecule has 3 nitrogen and oxygen atoms in total. The van der Waals surface area contributed by atoms with Crippen LogP contribution in [0.2, 0.25) is 0 Å². The van der Waals surface area contributed by atoms with Crippen LogP contribution in [0.4, 0.5) is 0 Å². The number of amides is 1. The van der Waals surface area contributed by atoms with Crippen LogP contribution in [0.3, 0.4) is 0 Å². The standard InChI is InChI=1S/C12H26N2O/c1-6-10(7-2)14-11(15)9-13-12(4,5)8-3/h10,13H,6-9H2,1-5H3,(H,14,15). The van der Waals surface area contributed by atoms with Crippen LogP contribution < -0.4 is 10.6 Å². The molecule has 0 atom stereocenters. The Morgan fingerprint density at radius 2 is 1.73 bits per heavy atom. The first-order valence-corrected chi connectivity index (χ1v) is 5.99. The van der Waals surface area contributed by atoms with E-state index < -0.39 is 0 Å². The van der Waals surface area contributed by atoms with Crippen LogP contribution in [0.25, 0.3) is 0 Å². The SMILES string of the molecule is CCC(CC)NC(=O)CNC(C)(C)CC. The highest BCUT2D eigenvalue weighted by molar-refractivity contribution is 5.78. The molecule has 1 amide bonds. The molecule has 0 aromatic heterocycles. The van der Waals surface area contributed by atoms with Gasteiger partial charge in [0.05, 0.1) is 6.54 Å². The molecular weight excluding hydrogens is 188 g/mol. The second-order valence-electron chi connectivity index (χ2n) is 4.67. The highest BCUT2D eigenvalue weighted by atomic mass is 16.2. The van der Waals surface area contributed by atoms with E-state index in [9.17, 15) is 4.79 Å². The van der Waals surface area contributed by atoms with Crippen LogP contribution in [0.15, 0.2) is 0 Å². The first-order valence-electron chi connectivity index (χ1n) is 5.99. The van der Waals surface area contributed by atoms with Crippen molar-refractivity contribution in [3.63, 3.8) is 0 Å². The number of carbonyl (C=O) groups excluding carboxylic acids is 1. The number of hydrogen-bond acceptors (Lipinski definition) is 2. The molecule has 0 heterocycles. The lowest BCUT2D eigenvalue weighted by Gasteiger charge is -2.25. The Bertz CT molecular complexity index is 186. The largest absolute Gasteiger partial charge is 0.352 e. The van der Waals surface area contributed by atoms with Gasteiger partial charge in [-0.2, -0.15) is 0 Å². The number of rotatable bonds is 7. The summed E-state index contributed by atoms with van der Waals surface area (Å²) in [6.45, 7) is 10.9. The van der Waals surface area contributed by atoms with Crippen molar-refractivity contribution in [2.24, 2.45) is 0 Å². The van der Waals surface area contributed by atoms with Gasteiger partial charge in [0.2, 0.25) is 5.91 Å². The van der Waals surface area contributed by atoms with Crippen LogP contribution in [-0.2, 0) is 4.79 Å². The van der Waals surface area contributed by atoms with Crippen LogP contribution in [0.5, 0.6) is 0 Å². The predicted molar refractivity (Wildman–Crippen MR) is 64.9 cm³/mol. The monoisotopic (exact) mass is 214 g/mol. The molecule has 0 aliphatic rings. The van der Waals surface area contributed by atoms with Gasteiger partial charge in [0.15, 0.2) is 0 Å². The molecule has 3 heteroatoms. The highest BCUT2D eigenvalue weighted by Crippen LogP contribution is 2.05. The van der Waals surface area contributed by atoms with E-state index in [1.807, 2.05) is 0 Å². The van der Waals surface area contributed by atoms with E-state index in [2.05, 4.69) is 45.3 Å². The molecule has 0 aromatic carbocycles. The second-order valence-corrected chi connectivity index (χ2v) is 4.67. The van der Waals surface area contributed by atoms with Gasteiger partial charge in [-0.15, -0.1) is 0 Å². The molecular formula is C12H26N2O. The lowest BCUT2D eigenvalue weighted by atomic mass is 10.0. The molecule has 0 spiro atoms. The fraction of sp³-hybridized carbons (Fsp3) is 0.917. The molecule has 0 saturated carbocycles. The van der Waals surface area contributed by atoms with Crippen molar-refractivity contribution < 1.29 is 4.79 Å². The molecule has 15 heavy (non-hydrogen) atoms. The Kier molecular flexibility index (Phi) is 6.57. The van der Waals surface area contributed by atoms with Gasteiger partial charge in [0, 0.05) is 11.6 Å². The third-order valence-electron chi connectivity index (χ3n) is 2.96. The molecule has 2 N–H and O–H groups in total. The van der Waals surface area contributed by atoms with Crippen LogP contribution >= 0.6 is 0 Å². The number of carbonyl (C=O) groups is 1. The normalized spacial score (nSPS) is 11.9. The van der Waals surface area contributed by atoms with Crippen molar-refractivity contribution in [3.05, 3.63) is 0 Å². The lowest BCUT2D eigenvalue weighted by Crippen LogP contribution is -2.46. The van der Waals surface area contributed by atoms with E-state index in [4.69, 9.17) is 0 Å². The van der Waals surface area contributed by atoms with Crippen molar-refractivity contribution in [3.8, 4) is 0 Å². The van der Waals surface area contributed by atoms with E-state index in [1.54, 1.807) is 0 Å². The Labute approximate surface area is 94.0 Å². The maximum absolute atomic E-state index is 11.6. The van der Waals surface area contributed by atoms with Crippen molar-refractivity contribution >= 4 is 5.91 Å². The Balaban J connectivity index is 3.84. The average Bonchev–Trinajstić information content (AvgIpc) is 2.23. The zero-order valence-electron chi connectivity index (χ0n) is 10.8. The maximum Gasteiger partial charge on any atom is 0.234 e. The molecule has 0 unspecified atom stereocenters. The van der Waals surface area contributed by atoms with Crippen LogP contribution in [-0.4, -0.2) is 24.0 Å². The van der Waals surface area contributed by atoms with E-state index in [1.165, 1.54) is 0 Å². The molecule has 0 radical (unpaired) electrons. The summed E-state index contributed by atoms with van der Waals surface area (Å²) >= 11 is 0. The van der Waals surface area contributed by atoms with Crippen molar-refractivity contribution in [1.82, 2.24) is 10.6 Å². The topological polar surface area (TPSA) is 41.1 Å². The fourth-order valence-electron chi connectivity index (χ4n) is 1.22. The van der Waals surface area contributed by atoms with Gasteiger partial charge in [-0.3, -0.25) is 4.79 Å². The predicted octanol–water partition coefficient (Wildman–Crippen LogP) is 2.07. The van der Waals surface area contributed by atoms with Gasteiger partial charge in [0.1, 0.15) is 0 Å². The van der Waals surface area contributed by atoms with Gasteiger partial charge < -0.3 is 10.6 Å². The third kappa shape index (κ3) is 6.50. The van der Waals surface area contributed by atoms with Crippen molar-refractivity contribution in [2.75, 3.05) is 6.54 Å². The number of hydrogen-bond donors (Lipinski definition) is 2. The molecule has 0 saturated heterocycles. The summed E-state index contributed by atoms with van der Waals surface area (Å²) in [5, 5.41) is 6.26. The fourth-order valence-corrected chi connectivity index (χ4v) is 1.22. The quantitative estimate of drug-likeness (QED) is 0.681. The number of nitrogens with one attached hydrogen (secondary N) is 2. The summed E-state index contributed by atoms with van der Waals surface area (Å²) in [5.41, 5.74) is 0.0469. The zero-order valence-corrected chi connectivity index (χ0v) is 10.8. The lowest BCUT2D eigenvalue weighted by molar-refractivity contribution is -0.121. The van der Waals surface area contributed by atoms with Gasteiger partial charge in [0.25, 0.3) is 0 Å². The Hall–Kier alpha value is -0.570. The summed E-state index contributed by atoms with van der Waals surface area (Å²) in [7, 11) is 0. The van der Waals surface area contributed by atoms with E-state index in [0.29, 0.717) is 12.6 Å². The van der Waals surface area contributed by atoms with Gasteiger partial charge in [-0.25, -0.2) is 0 Å². The maximum atomic E-state index is 11.6. The second kappa shape index (κ2) is 6.83. The molecule has 0 aliphatic heterocycles. The molecule has 0 aliphatic carbocycles. The minimum atomic E-state index is 0.0469. The first kappa shape index (κ1) is 14.4. The average molecular weight is 214 g/mol. The molecule has 0 aromatic rings. The van der Waals surface area contributed by atoms with Gasteiger partial charge in [-0.05, 0) is 33.1 Å². The smallest absolute Gasteiger partial charge is 0.234 e. The molecule has 0 fully saturated rings. The van der Waals surface area contributed by atoms with E-state index in [0.717, 1.165) is 19.3 Å². The zero-order chi connectivity index (χ0) is 11.9. The summed E-state index contributed by atoms with van der Waals surface area (Å²) in [5.74, 6) is 0.102. The third-order valence-corrected chi connectivity index (χ3v) is 2.96. The minimum Gasteiger partial charge on any atom is -0.352 e. The van der Waals surface area contributed by atoms with Crippen LogP contribution in [0.1, 0.15) is 53.9 Å². The van der Waals surface area contributed by atoms with E-state index >= 15 is 0 Å². The summed E-state index contributed by atoms with van der Waals surface area (Å²) in [6, 6.07) is 0.323. The van der Waals surface area contributed by atoms with Crippen LogP contribution in [0, 0.1) is 0 Å². The first-order chi connectivity index (χ1) is 6.95. The summed E-state index contributed by atoms with van der Waals surface area (Å²) in [4.78, 5) is 11.6. The summed E-state index contributed by atoms with van der Waals surface area (Å²) in [6.07, 6.45) is 3.02. The highest BCUT2D eigenvalue weighted by Gasteiger charge is 2.16. The summed E-state index contributed by atoms with van der Waals surface area (Å²) < 4.78 is 0. The van der Waals surface area contributed by atoms with Gasteiger partial charge >= 0.3 is 0 Å². The van der Waals surface area contributed by atoms with Gasteiger partial charge in [-0.1, -0.05) is 20.8 Å². The van der Waals surface area contributed by atoms with E-state index in [-0.39, 0.29) is 11.4 Å².